The monoisotopic (exact) mass is 465 g/mol. The van der Waals surface area contributed by atoms with E-state index in [4.69, 9.17) is 8.92 Å². The van der Waals surface area contributed by atoms with Gasteiger partial charge in [-0.3, -0.25) is 8.98 Å². The van der Waals surface area contributed by atoms with Crippen LogP contribution in [-0.4, -0.2) is 82.2 Å². The first-order valence-electron chi connectivity index (χ1n) is 10.9. The summed E-state index contributed by atoms with van der Waals surface area (Å²) in [6.07, 6.45) is 2.34. The molecule has 0 spiro atoms. The van der Waals surface area contributed by atoms with Crippen LogP contribution >= 0.6 is 0 Å². The number of benzene rings is 1. The van der Waals surface area contributed by atoms with Gasteiger partial charge in [-0.1, -0.05) is 11.6 Å². The fourth-order valence-corrected chi connectivity index (χ4v) is 4.98. The lowest BCUT2D eigenvalue weighted by Crippen LogP contribution is -2.47. The van der Waals surface area contributed by atoms with Crippen molar-refractivity contribution in [2.75, 3.05) is 54.0 Å². The number of nitrogens with zero attached hydrogens (tertiary/aromatic N) is 3. The van der Waals surface area contributed by atoms with Crippen LogP contribution in [0.3, 0.4) is 0 Å². The quantitative estimate of drug-likeness (QED) is 0.498. The number of likely N-dealkylation sites (tertiary alicyclic amines) is 1. The van der Waals surface area contributed by atoms with Crippen LogP contribution in [-0.2, 0) is 30.4 Å². The zero-order valence-corrected chi connectivity index (χ0v) is 20.7. The van der Waals surface area contributed by atoms with Crippen LogP contribution in [0.4, 0.5) is 0 Å². The fourth-order valence-electron chi connectivity index (χ4n) is 3.77. The van der Waals surface area contributed by atoms with Crippen LogP contribution in [0.2, 0.25) is 0 Å². The van der Waals surface area contributed by atoms with Crippen molar-refractivity contribution in [2.24, 2.45) is 11.3 Å². The van der Waals surface area contributed by atoms with Gasteiger partial charge in [0.25, 0.3) is 0 Å². The number of hydrogen-bond acceptors (Lipinski definition) is 7. The second kappa shape index (κ2) is 9.51. The number of carbonyl (C=O) groups excluding carboxylic acids is 1. The third-order valence-corrected chi connectivity index (χ3v) is 6.99. The lowest BCUT2D eigenvalue weighted by molar-refractivity contribution is -0.158. The van der Waals surface area contributed by atoms with Crippen LogP contribution in [0.5, 0.6) is 0 Å². The Morgan fingerprint density at radius 3 is 2.56 bits per heavy atom. The molecule has 8 nitrogen and oxygen atoms in total. The van der Waals surface area contributed by atoms with Gasteiger partial charge < -0.3 is 14.5 Å². The Labute approximate surface area is 191 Å². The van der Waals surface area contributed by atoms with Gasteiger partial charge in [0.1, 0.15) is 0 Å². The highest BCUT2D eigenvalue weighted by atomic mass is 32.2. The molecule has 0 radical (unpaired) electrons. The van der Waals surface area contributed by atoms with Gasteiger partial charge in [-0.2, -0.15) is 8.42 Å². The van der Waals surface area contributed by atoms with Gasteiger partial charge in [0.2, 0.25) is 0 Å². The Hall–Kier alpha value is -1.94. The lowest BCUT2D eigenvalue weighted by atomic mass is 9.95. The highest BCUT2D eigenvalue weighted by Crippen LogP contribution is 2.27. The summed E-state index contributed by atoms with van der Waals surface area (Å²) in [4.78, 5) is 16.7. The molecule has 0 N–H and O–H groups in total. The van der Waals surface area contributed by atoms with Crippen LogP contribution in [0, 0.1) is 18.3 Å². The first-order chi connectivity index (χ1) is 14.9. The summed E-state index contributed by atoms with van der Waals surface area (Å²) in [5.41, 5.74) is 1.48. The van der Waals surface area contributed by atoms with Gasteiger partial charge in [-0.25, -0.2) is 3.97 Å². The predicted molar refractivity (Wildman–Crippen MR) is 125 cm³/mol. The molecule has 178 valence electrons. The van der Waals surface area contributed by atoms with E-state index in [1.165, 1.54) is 3.97 Å². The van der Waals surface area contributed by atoms with Crippen LogP contribution in [0.25, 0.3) is 10.9 Å². The molecule has 2 heterocycles. The summed E-state index contributed by atoms with van der Waals surface area (Å²) >= 11 is 0. The van der Waals surface area contributed by atoms with E-state index in [1.54, 1.807) is 26.1 Å². The number of fused-ring (bicyclic) bond motifs is 1. The summed E-state index contributed by atoms with van der Waals surface area (Å²) in [5.74, 6) is -0.124. The Morgan fingerprint density at radius 2 is 1.94 bits per heavy atom. The number of rotatable bonds is 10. The zero-order chi connectivity index (χ0) is 23.7. The molecule has 0 atom stereocenters. The van der Waals surface area contributed by atoms with E-state index in [9.17, 15) is 13.2 Å². The van der Waals surface area contributed by atoms with Crippen molar-refractivity contribution in [1.29, 1.82) is 0 Å². The second-order valence-electron chi connectivity index (χ2n) is 9.81. The van der Waals surface area contributed by atoms with Crippen molar-refractivity contribution in [3.8, 4) is 0 Å². The van der Waals surface area contributed by atoms with E-state index in [-0.39, 0.29) is 6.61 Å². The molecule has 9 heteroatoms. The van der Waals surface area contributed by atoms with Gasteiger partial charge >= 0.3 is 16.3 Å². The normalized spacial score (nSPS) is 16.0. The number of ether oxygens (including phenoxy) is 1. The molecule has 0 aliphatic carbocycles. The second-order valence-corrected chi connectivity index (χ2v) is 11.3. The predicted octanol–water partition coefficient (Wildman–Crippen LogP) is 2.29. The summed E-state index contributed by atoms with van der Waals surface area (Å²) in [7, 11) is 1.85. The van der Waals surface area contributed by atoms with Gasteiger partial charge in [0, 0.05) is 37.1 Å². The first kappa shape index (κ1) is 24.7. The number of carbonyl (C=O) groups is 1. The molecule has 2 aromatic rings. The molecule has 0 amide bonds. The van der Waals surface area contributed by atoms with Gasteiger partial charge in [-0.15, -0.1) is 0 Å². The molecule has 1 saturated heterocycles. The van der Waals surface area contributed by atoms with Crippen molar-refractivity contribution < 1.29 is 22.1 Å². The molecule has 1 aliphatic heterocycles. The maximum absolute atomic E-state index is 13.1. The minimum absolute atomic E-state index is 0.294. The maximum atomic E-state index is 13.1. The average molecular weight is 466 g/mol. The first-order valence-corrected chi connectivity index (χ1v) is 12.3. The summed E-state index contributed by atoms with van der Waals surface area (Å²) < 4.78 is 38.1. The van der Waals surface area contributed by atoms with Crippen molar-refractivity contribution in [3.63, 3.8) is 0 Å². The molecule has 3 rings (SSSR count). The summed E-state index contributed by atoms with van der Waals surface area (Å²) in [5, 5.41) is 0.892. The molecule has 0 saturated carbocycles. The van der Waals surface area contributed by atoms with E-state index < -0.39 is 21.7 Å². The summed E-state index contributed by atoms with van der Waals surface area (Å²) in [6, 6.07) is 5.66. The molecular weight excluding hydrogens is 430 g/mol. The minimum atomic E-state index is -4.13. The average Bonchev–Trinajstić information content (AvgIpc) is 3.05. The molecular formula is C23H35N3O5S. The van der Waals surface area contributed by atoms with Crippen molar-refractivity contribution >= 4 is 27.2 Å². The number of esters is 1. The van der Waals surface area contributed by atoms with Crippen LogP contribution < -0.4 is 0 Å². The smallest absolute Gasteiger partial charge is 0.366 e. The highest BCUT2D eigenvalue weighted by molar-refractivity contribution is 7.85. The van der Waals surface area contributed by atoms with E-state index in [1.807, 2.05) is 40.2 Å². The van der Waals surface area contributed by atoms with E-state index in [0.717, 1.165) is 36.1 Å². The topological polar surface area (TPSA) is 81.1 Å². The largest absolute Gasteiger partial charge is 0.465 e. The number of hydrogen-bond donors (Lipinski definition) is 0. The molecule has 0 bridgehead atoms. The summed E-state index contributed by atoms with van der Waals surface area (Å²) in [6.45, 7) is 7.89. The van der Waals surface area contributed by atoms with E-state index >= 15 is 0 Å². The van der Waals surface area contributed by atoms with Crippen molar-refractivity contribution in [2.45, 2.75) is 27.2 Å². The zero-order valence-electron chi connectivity index (χ0n) is 19.9. The van der Waals surface area contributed by atoms with Crippen LogP contribution in [0.15, 0.2) is 24.4 Å². The SMILES string of the molecule is Cc1ccc2c(c1)c(CCN(C)C)cn2S(=O)(=O)OCC(C)(C)C(=O)OCC1CN(C)C1. The number of aromatic nitrogens is 1. The van der Waals surface area contributed by atoms with Crippen molar-refractivity contribution in [1.82, 2.24) is 13.8 Å². The molecule has 0 unspecified atom stereocenters. The Bertz CT molecular complexity index is 1070. The van der Waals surface area contributed by atoms with Gasteiger partial charge in [-0.05, 0) is 66.0 Å². The fraction of sp³-hybridized carbons (Fsp3) is 0.609. The Morgan fingerprint density at radius 1 is 1.25 bits per heavy atom. The minimum Gasteiger partial charge on any atom is -0.465 e. The molecule has 32 heavy (non-hydrogen) atoms. The Balaban J connectivity index is 1.73. The standard InChI is InChI=1S/C23H35N3O5S/c1-17-7-8-21-20(11-17)19(9-10-24(4)5)14-26(21)32(28,29)31-16-23(2,3)22(27)30-15-18-12-25(6)13-18/h7-8,11,14,18H,9-10,12-13,15-16H2,1-6H3. The lowest BCUT2D eigenvalue weighted by Gasteiger charge is -2.36. The number of likely N-dealkylation sites (N-methyl/N-ethyl adjacent to an activating group) is 1. The molecule has 1 aromatic heterocycles. The maximum Gasteiger partial charge on any atom is 0.366 e. The molecule has 1 aliphatic rings. The number of aryl methyl sites for hydroxylation is 1. The van der Waals surface area contributed by atoms with Gasteiger partial charge in [0.15, 0.2) is 0 Å². The van der Waals surface area contributed by atoms with E-state index in [2.05, 4.69) is 9.80 Å². The third-order valence-electron chi connectivity index (χ3n) is 5.79. The third kappa shape index (κ3) is 5.70. The molecule has 1 fully saturated rings. The Kier molecular flexibility index (Phi) is 7.34. The van der Waals surface area contributed by atoms with E-state index in [0.29, 0.717) is 24.5 Å². The highest BCUT2D eigenvalue weighted by Gasteiger charge is 2.34. The van der Waals surface area contributed by atoms with Crippen LogP contribution in [0.1, 0.15) is 25.0 Å². The van der Waals surface area contributed by atoms with Crippen molar-refractivity contribution in [3.05, 3.63) is 35.5 Å². The van der Waals surface area contributed by atoms with Gasteiger partial charge in [0.05, 0.1) is 24.1 Å². The molecule has 1 aromatic carbocycles.